The van der Waals surface area contributed by atoms with Gasteiger partial charge in [-0.3, -0.25) is 4.90 Å². The summed E-state index contributed by atoms with van der Waals surface area (Å²) < 4.78 is 2.43. The minimum absolute atomic E-state index is 0.849. The van der Waals surface area contributed by atoms with E-state index in [1.165, 1.54) is 33.2 Å². The quantitative estimate of drug-likeness (QED) is 0.213. The van der Waals surface area contributed by atoms with Crippen molar-refractivity contribution in [2.45, 2.75) is 45.9 Å². The Hall–Kier alpha value is -3.69. The molecule has 5 rings (SSSR count). The molecule has 4 aromatic carbocycles. The van der Waals surface area contributed by atoms with Crippen molar-refractivity contribution in [3.63, 3.8) is 0 Å². The lowest BCUT2D eigenvalue weighted by Crippen LogP contribution is -2.24. The highest BCUT2D eigenvalue weighted by atomic mass is 15.2. The number of hydrogen-bond donors (Lipinski definition) is 0. The smallest absolute Gasteiger partial charge is 0.140 e. The molecule has 3 nitrogen and oxygen atoms in total. The van der Waals surface area contributed by atoms with Crippen molar-refractivity contribution in [1.82, 2.24) is 14.5 Å². The molecule has 0 bridgehead atoms. The van der Waals surface area contributed by atoms with Gasteiger partial charge in [0.2, 0.25) is 0 Å². The minimum Gasteiger partial charge on any atom is -0.327 e. The first-order valence-corrected chi connectivity index (χ1v) is 12.6. The zero-order chi connectivity index (χ0) is 23.9. The van der Waals surface area contributed by atoms with E-state index in [0.29, 0.717) is 0 Å². The average molecular weight is 460 g/mol. The summed E-state index contributed by atoms with van der Waals surface area (Å²) in [7, 11) is 0. The fraction of sp³-hybridized carbons (Fsp3) is 0.219. The first kappa shape index (κ1) is 23.1. The first-order valence-electron chi connectivity index (χ1n) is 12.6. The van der Waals surface area contributed by atoms with Gasteiger partial charge in [0, 0.05) is 31.7 Å². The molecule has 0 amide bonds. The predicted octanol–water partition coefficient (Wildman–Crippen LogP) is 7.71. The zero-order valence-electron chi connectivity index (χ0n) is 20.5. The highest BCUT2D eigenvalue weighted by molar-refractivity contribution is 5.85. The van der Waals surface area contributed by atoms with Gasteiger partial charge in [-0.2, -0.15) is 0 Å². The van der Waals surface area contributed by atoms with Crippen LogP contribution in [0.25, 0.3) is 22.2 Å². The summed E-state index contributed by atoms with van der Waals surface area (Å²) in [5.74, 6) is 1.07. The molecular formula is C32H33N3. The number of fused-ring (bicyclic) bond motifs is 1. The van der Waals surface area contributed by atoms with Gasteiger partial charge in [-0.05, 0) is 28.3 Å². The molecule has 0 saturated carbocycles. The van der Waals surface area contributed by atoms with Gasteiger partial charge < -0.3 is 4.57 Å². The van der Waals surface area contributed by atoms with Crippen molar-refractivity contribution < 1.29 is 0 Å². The Morgan fingerprint density at radius 2 is 1.43 bits per heavy atom. The molecule has 0 aliphatic rings. The molecule has 1 aromatic heterocycles. The van der Waals surface area contributed by atoms with Crippen LogP contribution in [0.15, 0.2) is 109 Å². The summed E-state index contributed by atoms with van der Waals surface area (Å²) in [6.07, 6.45) is 4.39. The number of benzene rings is 4. The molecular weight excluding hydrogens is 426 g/mol. The van der Waals surface area contributed by atoms with Gasteiger partial charge in [0.15, 0.2) is 0 Å². The van der Waals surface area contributed by atoms with E-state index in [-0.39, 0.29) is 0 Å². The van der Waals surface area contributed by atoms with Crippen LogP contribution in [0.4, 0.5) is 0 Å². The average Bonchev–Trinajstić information content (AvgIpc) is 3.31. The van der Waals surface area contributed by atoms with E-state index < -0.39 is 0 Å². The van der Waals surface area contributed by atoms with E-state index in [9.17, 15) is 0 Å². The molecule has 0 N–H and O–H groups in total. The van der Waals surface area contributed by atoms with Crippen LogP contribution in [0.1, 0.15) is 36.6 Å². The molecule has 5 aromatic rings. The van der Waals surface area contributed by atoms with Gasteiger partial charge in [0.05, 0.1) is 11.9 Å². The second-order valence-electron chi connectivity index (χ2n) is 9.21. The summed E-state index contributed by atoms with van der Waals surface area (Å²) in [6.45, 7) is 5.87. The van der Waals surface area contributed by atoms with Crippen LogP contribution in [-0.4, -0.2) is 14.5 Å². The van der Waals surface area contributed by atoms with Gasteiger partial charge in [0.25, 0.3) is 0 Å². The second kappa shape index (κ2) is 11.2. The van der Waals surface area contributed by atoms with Crippen molar-refractivity contribution in [3.05, 3.63) is 126 Å². The lowest BCUT2D eigenvalue weighted by Gasteiger charge is -2.24. The maximum atomic E-state index is 4.89. The highest BCUT2D eigenvalue weighted by Crippen LogP contribution is 2.25. The van der Waals surface area contributed by atoms with Gasteiger partial charge in [-0.25, -0.2) is 4.98 Å². The molecule has 0 unspecified atom stereocenters. The Bertz CT molecular complexity index is 1350. The van der Waals surface area contributed by atoms with Crippen LogP contribution in [0.3, 0.4) is 0 Å². The summed E-state index contributed by atoms with van der Waals surface area (Å²) in [5.41, 5.74) is 5.14. The zero-order valence-corrected chi connectivity index (χ0v) is 20.5. The lowest BCUT2D eigenvalue weighted by atomic mass is 10.0. The predicted molar refractivity (Wildman–Crippen MR) is 146 cm³/mol. The number of imidazole rings is 1. The summed E-state index contributed by atoms with van der Waals surface area (Å²) >= 11 is 0. The minimum atomic E-state index is 0.849. The van der Waals surface area contributed by atoms with E-state index in [4.69, 9.17) is 4.98 Å². The Labute approximate surface area is 208 Å². The van der Waals surface area contributed by atoms with E-state index in [1.807, 2.05) is 0 Å². The fourth-order valence-corrected chi connectivity index (χ4v) is 4.83. The van der Waals surface area contributed by atoms with Crippen LogP contribution in [0, 0.1) is 0 Å². The van der Waals surface area contributed by atoms with E-state index in [0.717, 1.165) is 44.8 Å². The molecule has 0 aliphatic carbocycles. The maximum Gasteiger partial charge on any atom is 0.140 e. The molecule has 176 valence electrons. The monoisotopic (exact) mass is 459 g/mol. The third-order valence-electron chi connectivity index (χ3n) is 6.61. The van der Waals surface area contributed by atoms with Crippen molar-refractivity contribution in [2.24, 2.45) is 0 Å². The number of aromatic nitrogens is 2. The molecule has 0 spiro atoms. The molecule has 0 saturated heterocycles. The fourth-order valence-electron chi connectivity index (χ4n) is 4.83. The van der Waals surface area contributed by atoms with Crippen LogP contribution in [0.5, 0.6) is 0 Å². The first-order chi connectivity index (χ1) is 17.3. The number of nitrogens with zero attached hydrogens (tertiary/aromatic N) is 3. The molecule has 0 aliphatic heterocycles. The number of rotatable bonds is 10. The van der Waals surface area contributed by atoms with Crippen molar-refractivity contribution in [2.75, 3.05) is 0 Å². The normalized spacial score (nSPS) is 11.4. The topological polar surface area (TPSA) is 21.1 Å². The molecule has 0 fully saturated rings. The second-order valence-corrected chi connectivity index (χ2v) is 9.21. The maximum absolute atomic E-state index is 4.89. The van der Waals surface area contributed by atoms with Gasteiger partial charge in [-0.15, -0.1) is 0 Å². The summed E-state index contributed by atoms with van der Waals surface area (Å²) in [4.78, 5) is 7.44. The van der Waals surface area contributed by atoms with Crippen molar-refractivity contribution >= 4 is 10.8 Å². The summed E-state index contributed by atoms with van der Waals surface area (Å²) in [5, 5.41) is 2.63. The SMILES string of the molecule is CCCCn1c(CN(Cc2ccccc2)Cc2cccc3ccccc23)cnc1-c1ccccc1. The molecule has 0 atom stereocenters. The van der Waals surface area contributed by atoms with Crippen molar-refractivity contribution in [1.29, 1.82) is 0 Å². The van der Waals surface area contributed by atoms with E-state index >= 15 is 0 Å². The van der Waals surface area contributed by atoms with Crippen LogP contribution < -0.4 is 0 Å². The van der Waals surface area contributed by atoms with E-state index in [1.54, 1.807) is 0 Å². The Kier molecular flexibility index (Phi) is 7.35. The number of unbranched alkanes of at least 4 members (excludes halogenated alkanes) is 1. The lowest BCUT2D eigenvalue weighted by molar-refractivity contribution is 0.242. The Morgan fingerprint density at radius 1 is 0.714 bits per heavy atom. The van der Waals surface area contributed by atoms with Crippen LogP contribution in [0.2, 0.25) is 0 Å². The molecule has 1 heterocycles. The van der Waals surface area contributed by atoms with Crippen LogP contribution >= 0.6 is 0 Å². The summed E-state index contributed by atoms with van der Waals surface area (Å²) in [6, 6.07) is 36.7. The standard InChI is InChI=1S/C32H33N3/c1-2-3-21-35-30(22-33-32(35)28-16-8-5-9-17-28)25-34(23-26-13-6-4-7-14-26)24-29-19-12-18-27-15-10-11-20-31(27)29/h4-20,22H,2-3,21,23-25H2,1H3. The number of hydrogen-bond acceptors (Lipinski definition) is 2. The van der Waals surface area contributed by atoms with Crippen LogP contribution in [-0.2, 0) is 26.2 Å². The molecule has 3 heteroatoms. The molecule has 0 radical (unpaired) electrons. The third-order valence-corrected chi connectivity index (χ3v) is 6.61. The highest BCUT2D eigenvalue weighted by Gasteiger charge is 2.16. The van der Waals surface area contributed by atoms with Gasteiger partial charge in [0.1, 0.15) is 5.82 Å². The Balaban J connectivity index is 1.49. The Morgan fingerprint density at radius 3 is 2.23 bits per heavy atom. The largest absolute Gasteiger partial charge is 0.327 e. The van der Waals surface area contributed by atoms with E-state index in [2.05, 4.69) is 126 Å². The van der Waals surface area contributed by atoms with Crippen molar-refractivity contribution in [3.8, 4) is 11.4 Å². The molecule has 35 heavy (non-hydrogen) atoms. The third kappa shape index (κ3) is 5.52. The van der Waals surface area contributed by atoms with Gasteiger partial charge >= 0.3 is 0 Å². The van der Waals surface area contributed by atoms with Gasteiger partial charge in [-0.1, -0.05) is 116 Å².